The minimum absolute atomic E-state index is 0.0410. The molecule has 0 fully saturated rings. The van der Waals surface area contributed by atoms with E-state index in [-0.39, 0.29) is 40.1 Å². The van der Waals surface area contributed by atoms with Gasteiger partial charge in [-0.05, 0) is 12.1 Å². The zero-order valence-corrected chi connectivity index (χ0v) is 12.1. The molecule has 24 heavy (non-hydrogen) atoms. The van der Waals surface area contributed by atoms with Crippen molar-refractivity contribution < 1.29 is 24.1 Å². The van der Waals surface area contributed by atoms with Crippen molar-refractivity contribution in [2.45, 2.75) is 6.92 Å². The van der Waals surface area contributed by atoms with Gasteiger partial charge >= 0.3 is 0 Å². The van der Waals surface area contributed by atoms with E-state index in [9.17, 15) is 25.0 Å². The number of nitro benzene ring substituents is 2. The number of ether oxygens (including phenoxy) is 2. The van der Waals surface area contributed by atoms with Gasteiger partial charge < -0.3 is 14.8 Å². The lowest BCUT2D eigenvalue weighted by Crippen LogP contribution is -2.11. The van der Waals surface area contributed by atoms with E-state index in [0.717, 1.165) is 6.07 Å². The van der Waals surface area contributed by atoms with Crippen molar-refractivity contribution in [2.75, 3.05) is 5.32 Å². The molecule has 2 aromatic rings. The zero-order valence-electron chi connectivity index (χ0n) is 12.1. The molecule has 0 bridgehead atoms. The molecule has 0 unspecified atom stereocenters. The molecule has 3 rings (SSSR count). The van der Waals surface area contributed by atoms with Crippen LogP contribution in [0.3, 0.4) is 0 Å². The van der Waals surface area contributed by atoms with Crippen molar-refractivity contribution in [1.29, 1.82) is 0 Å². The molecule has 0 saturated carbocycles. The van der Waals surface area contributed by atoms with Crippen LogP contribution in [0.1, 0.15) is 6.92 Å². The van der Waals surface area contributed by atoms with Crippen LogP contribution in [0.4, 0.5) is 17.1 Å². The lowest BCUT2D eigenvalue weighted by Gasteiger charge is -2.22. The van der Waals surface area contributed by atoms with Gasteiger partial charge in [-0.1, -0.05) is 0 Å². The maximum absolute atomic E-state index is 11.3. The zero-order chi connectivity index (χ0) is 17.4. The van der Waals surface area contributed by atoms with Crippen molar-refractivity contribution in [3.05, 3.63) is 50.6 Å². The van der Waals surface area contributed by atoms with Crippen molar-refractivity contribution in [3.63, 3.8) is 0 Å². The van der Waals surface area contributed by atoms with Crippen LogP contribution >= 0.6 is 0 Å². The molecule has 1 aliphatic heterocycles. The molecule has 10 nitrogen and oxygen atoms in total. The van der Waals surface area contributed by atoms with Crippen molar-refractivity contribution in [1.82, 2.24) is 0 Å². The Balaban J connectivity index is 2.11. The summed E-state index contributed by atoms with van der Waals surface area (Å²) in [5, 5.41) is 24.3. The van der Waals surface area contributed by atoms with E-state index in [2.05, 4.69) is 5.32 Å². The van der Waals surface area contributed by atoms with Crippen LogP contribution < -0.4 is 14.8 Å². The second kappa shape index (κ2) is 5.50. The molecule has 2 aromatic carbocycles. The second-order valence-corrected chi connectivity index (χ2v) is 4.82. The molecule has 0 atom stereocenters. The number of non-ortho nitro benzene ring substituents is 1. The van der Waals surface area contributed by atoms with Gasteiger partial charge in [0.25, 0.3) is 11.4 Å². The molecular formula is C14H9N3O7. The average molecular weight is 331 g/mol. The van der Waals surface area contributed by atoms with Gasteiger partial charge in [-0.2, -0.15) is 0 Å². The fourth-order valence-electron chi connectivity index (χ4n) is 2.19. The number of amides is 1. The Kier molecular flexibility index (Phi) is 3.49. The SMILES string of the molecule is CC(=O)Nc1c([N+](=O)[O-])ccc2c1Oc1ccc([N+](=O)[O-])cc1O2. The van der Waals surface area contributed by atoms with E-state index >= 15 is 0 Å². The quantitative estimate of drug-likeness (QED) is 0.574. The molecule has 0 aliphatic carbocycles. The molecule has 0 radical (unpaired) electrons. The van der Waals surface area contributed by atoms with E-state index in [4.69, 9.17) is 9.47 Å². The number of nitrogens with zero attached hydrogens (tertiary/aromatic N) is 2. The molecule has 0 saturated heterocycles. The third-order valence-electron chi connectivity index (χ3n) is 3.17. The first-order valence-electron chi connectivity index (χ1n) is 6.60. The molecule has 1 aliphatic rings. The summed E-state index contributed by atoms with van der Waals surface area (Å²) in [7, 11) is 0. The number of hydrogen-bond acceptors (Lipinski definition) is 7. The number of nitro groups is 2. The number of hydrogen-bond donors (Lipinski definition) is 1. The maximum Gasteiger partial charge on any atom is 0.296 e. The molecule has 0 spiro atoms. The summed E-state index contributed by atoms with van der Waals surface area (Å²) in [4.78, 5) is 32.0. The van der Waals surface area contributed by atoms with Crippen molar-refractivity contribution in [2.24, 2.45) is 0 Å². The number of benzene rings is 2. The van der Waals surface area contributed by atoms with Gasteiger partial charge in [0.05, 0.1) is 15.9 Å². The number of carbonyl (C=O) groups is 1. The van der Waals surface area contributed by atoms with Crippen LogP contribution in [-0.4, -0.2) is 15.8 Å². The van der Waals surface area contributed by atoms with E-state index < -0.39 is 15.8 Å². The van der Waals surface area contributed by atoms with Gasteiger partial charge in [-0.25, -0.2) is 0 Å². The lowest BCUT2D eigenvalue weighted by molar-refractivity contribution is -0.385. The summed E-state index contributed by atoms with van der Waals surface area (Å²) in [5.41, 5.74) is -0.697. The number of anilines is 1. The van der Waals surface area contributed by atoms with Crippen LogP contribution in [0, 0.1) is 20.2 Å². The van der Waals surface area contributed by atoms with Crippen LogP contribution in [0.2, 0.25) is 0 Å². The Morgan fingerprint density at radius 1 is 1.00 bits per heavy atom. The minimum Gasteiger partial charge on any atom is -0.449 e. The van der Waals surface area contributed by atoms with E-state index in [1.165, 1.54) is 31.2 Å². The highest BCUT2D eigenvalue weighted by molar-refractivity contribution is 5.95. The van der Waals surface area contributed by atoms with Gasteiger partial charge in [0, 0.05) is 19.1 Å². The summed E-state index contributed by atoms with van der Waals surface area (Å²) in [6, 6.07) is 6.14. The highest BCUT2D eigenvalue weighted by Crippen LogP contribution is 2.52. The number of rotatable bonds is 3. The van der Waals surface area contributed by atoms with Gasteiger partial charge in [0.1, 0.15) is 0 Å². The smallest absolute Gasteiger partial charge is 0.296 e. The Morgan fingerprint density at radius 2 is 1.71 bits per heavy atom. The predicted octanol–water partition coefficient (Wildman–Crippen LogP) is 3.36. The average Bonchev–Trinajstić information content (AvgIpc) is 2.52. The fourth-order valence-corrected chi connectivity index (χ4v) is 2.19. The van der Waals surface area contributed by atoms with Crippen molar-refractivity contribution in [3.8, 4) is 23.0 Å². The Bertz CT molecular complexity index is 894. The molecule has 1 N–H and O–H groups in total. The van der Waals surface area contributed by atoms with Crippen LogP contribution in [0.5, 0.6) is 23.0 Å². The predicted molar refractivity (Wildman–Crippen MR) is 80.6 cm³/mol. The van der Waals surface area contributed by atoms with Gasteiger partial charge in [-0.3, -0.25) is 25.0 Å². The van der Waals surface area contributed by atoms with Crippen LogP contribution in [0.15, 0.2) is 30.3 Å². The summed E-state index contributed by atoms with van der Waals surface area (Å²) >= 11 is 0. The normalized spacial score (nSPS) is 11.4. The Hall–Kier alpha value is -3.69. The standard InChI is InChI=1S/C14H9N3O7/c1-7(18)15-13-9(17(21)22)3-5-11-14(13)24-10-4-2-8(16(19)20)6-12(10)23-11/h2-6H,1H3,(H,15,18). The topological polar surface area (TPSA) is 134 Å². The maximum atomic E-state index is 11.3. The number of nitrogens with one attached hydrogen (secondary N) is 1. The number of fused-ring (bicyclic) bond motifs is 2. The molecule has 122 valence electrons. The summed E-state index contributed by atoms with van der Waals surface area (Å²) in [6.45, 7) is 1.20. The van der Waals surface area contributed by atoms with Crippen LogP contribution in [-0.2, 0) is 4.79 Å². The summed E-state index contributed by atoms with van der Waals surface area (Å²) < 4.78 is 11.1. The molecular weight excluding hydrogens is 322 g/mol. The van der Waals surface area contributed by atoms with Gasteiger partial charge in [0.2, 0.25) is 11.7 Å². The monoisotopic (exact) mass is 331 g/mol. The first kappa shape index (κ1) is 15.2. The third kappa shape index (κ3) is 2.56. The highest BCUT2D eigenvalue weighted by Gasteiger charge is 2.29. The number of carbonyl (C=O) groups excluding carboxylic acids is 1. The highest BCUT2D eigenvalue weighted by atomic mass is 16.6. The minimum atomic E-state index is -0.666. The molecule has 1 amide bonds. The second-order valence-electron chi connectivity index (χ2n) is 4.82. The van der Waals surface area contributed by atoms with Crippen molar-refractivity contribution >= 4 is 23.0 Å². The van der Waals surface area contributed by atoms with Gasteiger partial charge in [0.15, 0.2) is 22.9 Å². The van der Waals surface area contributed by atoms with E-state index in [1.807, 2.05) is 0 Å². The molecule has 1 heterocycles. The third-order valence-corrected chi connectivity index (χ3v) is 3.17. The van der Waals surface area contributed by atoms with E-state index in [0.29, 0.717) is 0 Å². The summed E-state index contributed by atoms with van der Waals surface area (Å²) in [6.07, 6.45) is 0. The van der Waals surface area contributed by atoms with Gasteiger partial charge in [-0.15, -0.1) is 0 Å². The fraction of sp³-hybridized carbons (Fsp3) is 0.0714. The van der Waals surface area contributed by atoms with E-state index in [1.54, 1.807) is 0 Å². The summed E-state index contributed by atoms with van der Waals surface area (Å²) in [5.74, 6) is -0.234. The first-order valence-corrected chi connectivity index (χ1v) is 6.60. The molecule has 10 heteroatoms. The Morgan fingerprint density at radius 3 is 2.33 bits per heavy atom. The molecule has 0 aromatic heterocycles. The van der Waals surface area contributed by atoms with Crippen LogP contribution in [0.25, 0.3) is 0 Å². The largest absolute Gasteiger partial charge is 0.449 e. The first-order chi connectivity index (χ1) is 11.4. The Labute approximate surface area is 133 Å². The lowest BCUT2D eigenvalue weighted by atomic mass is 10.2.